The molecule has 1 aromatic rings. The van der Waals surface area contributed by atoms with Gasteiger partial charge in [0.25, 0.3) is 0 Å². The van der Waals surface area contributed by atoms with Gasteiger partial charge in [-0.25, -0.2) is 0 Å². The van der Waals surface area contributed by atoms with Crippen molar-refractivity contribution in [1.29, 1.82) is 0 Å². The van der Waals surface area contributed by atoms with Crippen molar-refractivity contribution in [3.63, 3.8) is 0 Å². The van der Waals surface area contributed by atoms with Crippen molar-refractivity contribution >= 4 is 5.96 Å². The normalized spacial score (nSPS) is 21.6. The highest BCUT2D eigenvalue weighted by molar-refractivity contribution is 5.80. The van der Waals surface area contributed by atoms with Crippen molar-refractivity contribution in [1.82, 2.24) is 15.1 Å². The number of guanidine groups is 1. The van der Waals surface area contributed by atoms with Gasteiger partial charge in [0.1, 0.15) is 5.75 Å². The molecule has 1 N–H and O–H groups in total. The van der Waals surface area contributed by atoms with Crippen LogP contribution in [0.2, 0.25) is 0 Å². The number of methoxy groups -OCH3 is 2. The molecule has 2 fully saturated rings. The molecule has 0 aliphatic carbocycles. The molecule has 29 heavy (non-hydrogen) atoms. The lowest BCUT2D eigenvalue weighted by Gasteiger charge is -2.31. The minimum absolute atomic E-state index is 0.630. The van der Waals surface area contributed by atoms with Crippen LogP contribution in [-0.2, 0) is 11.3 Å². The average Bonchev–Trinajstić information content (AvgIpc) is 3.21. The standard InChI is InChI=1S/C23H38N4O2/c1-4-24-23(27-14-11-21(17-27)18-28-2)25-15-19-9-12-26(13-10-19)16-20-5-7-22(29-3)8-6-20/h5-8,19,21H,4,9-18H2,1-3H3,(H,24,25). The fourth-order valence-electron chi connectivity index (χ4n) is 4.35. The summed E-state index contributed by atoms with van der Waals surface area (Å²) >= 11 is 0. The van der Waals surface area contributed by atoms with Gasteiger partial charge in [-0.15, -0.1) is 0 Å². The molecule has 0 saturated carbocycles. The Hall–Kier alpha value is -1.79. The van der Waals surface area contributed by atoms with Gasteiger partial charge in [0.2, 0.25) is 0 Å². The summed E-state index contributed by atoms with van der Waals surface area (Å²) in [6.07, 6.45) is 3.65. The molecule has 162 valence electrons. The molecule has 2 aliphatic rings. The van der Waals surface area contributed by atoms with Crippen molar-refractivity contribution in [2.45, 2.75) is 32.7 Å². The predicted octanol–water partition coefficient (Wildman–Crippen LogP) is 2.84. The molecule has 0 bridgehead atoms. The number of rotatable bonds is 8. The molecule has 2 heterocycles. The zero-order chi connectivity index (χ0) is 20.5. The van der Waals surface area contributed by atoms with Gasteiger partial charge in [0, 0.05) is 45.8 Å². The molecule has 6 heteroatoms. The van der Waals surface area contributed by atoms with E-state index in [0.717, 1.165) is 64.1 Å². The third-order valence-corrected chi connectivity index (χ3v) is 6.09. The van der Waals surface area contributed by atoms with E-state index in [0.29, 0.717) is 11.8 Å². The monoisotopic (exact) mass is 402 g/mol. The highest BCUT2D eigenvalue weighted by Crippen LogP contribution is 2.21. The second kappa shape index (κ2) is 11.4. The fourth-order valence-corrected chi connectivity index (χ4v) is 4.35. The SMILES string of the molecule is CCNC(=NCC1CCN(Cc2ccc(OC)cc2)CC1)N1CCC(COC)C1. The maximum Gasteiger partial charge on any atom is 0.193 e. The second-order valence-corrected chi connectivity index (χ2v) is 8.32. The molecule has 6 nitrogen and oxygen atoms in total. The third kappa shape index (κ3) is 6.61. The van der Waals surface area contributed by atoms with Crippen LogP contribution in [0.1, 0.15) is 31.7 Å². The van der Waals surface area contributed by atoms with Gasteiger partial charge in [-0.2, -0.15) is 0 Å². The molecule has 1 atom stereocenters. The summed E-state index contributed by atoms with van der Waals surface area (Å²) in [6.45, 7) is 10.3. The number of hydrogen-bond donors (Lipinski definition) is 1. The van der Waals surface area contributed by atoms with E-state index in [1.165, 1.54) is 24.8 Å². The van der Waals surface area contributed by atoms with Crippen LogP contribution in [0.3, 0.4) is 0 Å². The van der Waals surface area contributed by atoms with E-state index >= 15 is 0 Å². The van der Waals surface area contributed by atoms with Crippen molar-refractivity contribution in [3.8, 4) is 5.75 Å². The van der Waals surface area contributed by atoms with Crippen LogP contribution >= 0.6 is 0 Å². The lowest BCUT2D eigenvalue weighted by molar-refractivity contribution is 0.157. The van der Waals surface area contributed by atoms with Crippen molar-refractivity contribution in [3.05, 3.63) is 29.8 Å². The Bertz CT molecular complexity index is 626. The Balaban J connectivity index is 1.44. The molecule has 1 aromatic carbocycles. The maximum atomic E-state index is 5.34. The molecule has 0 spiro atoms. The van der Waals surface area contributed by atoms with E-state index < -0.39 is 0 Å². The predicted molar refractivity (Wildman–Crippen MR) is 119 cm³/mol. The van der Waals surface area contributed by atoms with E-state index in [4.69, 9.17) is 14.5 Å². The van der Waals surface area contributed by atoms with Gasteiger partial charge >= 0.3 is 0 Å². The van der Waals surface area contributed by atoms with Gasteiger partial charge in [0.15, 0.2) is 5.96 Å². The second-order valence-electron chi connectivity index (χ2n) is 8.32. The Labute approximate surface area is 176 Å². The summed E-state index contributed by atoms with van der Waals surface area (Å²) in [5.41, 5.74) is 1.36. The molecule has 2 saturated heterocycles. The first-order valence-corrected chi connectivity index (χ1v) is 11.1. The minimum Gasteiger partial charge on any atom is -0.497 e. The van der Waals surface area contributed by atoms with E-state index in [-0.39, 0.29) is 0 Å². The first-order chi connectivity index (χ1) is 14.2. The van der Waals surface area contributed by atoms with Gasteiger partial charge in [0.05, 0.1) is 13.7 Å². The largest absolute Gasteiger partial charge is 0.497 e. The number of aliphatic imine (C=N–C) groups is 1. The minimum atomic E-state index is 0.630. The van der Waals surface area contributed by atoms with Crippen LogP contribution in [0.25, 0.3) is 0 Å². The molecule has 0 amide bonds. The van der Waals surface area contributed by atoms with Gasteiger partial charge in [-0.1, -0.05) is 12.1 Å². The van der Waals surface area contributed by atoms with Crippen LogP contribution in [0.5, 0.6) is 5.75 Å². The van der Waals surface area contributed by atoms with E-state index in [1.54, 1.807) is 14.2 Å². The van der Waals surface area contributed by atoms with Gasteiger partial charge < -0.3 is 19.7 Å². The Morgan fingerprint density at radius 1 is 1.07 bits per heavy atom. The lowest BCUT2D eigenvalue weighted by Crippen LogP contribution is -2.41. The summed E-state index contributed by atoms with van der Waals surface area (Å²) in [6, 6.07) is 8.44. The number of ether oxygens (including phenoxy) is 2. The summed E-state index contributed by atoms with van der Waals surface area (Å²) in [5, 5.41) is 3.49. The number of nitrogens with zero attached hydrogens (tertiary/aromatic N) is 3. The number of piperidine rings is 1. The van der Waals surface area contributed by atoms with Gasteiger partial charge in [-0.05, 0) is 62.9 Å². The summed E-state index contributed by atoms with van der Waals surface area (Å²) in [5.74, 6) is 3.33. The molecule has 0 radical (unpaired) electrons. The van der Waals surface area contributed by atoms with Crippen molar-refractivity contribution < 1.29 is 9.47 Å². The molecule has 0 aromatic heterocycles. The number of hydrogen-bond acceptors (Lipinski definition) is 4. The van der Waals surface area contributed by atoms with E-state index in [9.17, 15) is 0 Å². The molecular weight excluding hydrogens is 364 g/mol. The number of likely N-dealkylation sites (tertiary alicyclic amines) is 2. The van der Waals surface area contributed by atoms with Crippen LogP contribution in [0.15, 0.2) is 29.3 Å². The van der Waals surface area contributed by atoms with Crippen LogP contribution in [0.4, 0.5) is 0 Å². The summed E-state index contributed by atoms with van der Waals surface area (Å²) in [7, 11) is 3.51. The zero-order valence-corrected chi connectivity index (χ0v) is 18.4. The molecular formula is C23H38N4O2. The number of nitrogens with one attached hydrogen (secondary N) is 1. The Morgan fingerprint density at radius 3 is 2.45 bits per heavy atom. The highest BCUT2D eigenvalue weighted by atomic mass is 16.5. The van der Waals surface area contributed by atoms with Gasteiger partial charge in [-0.3, -0.25) is 9.89 Å². The molecule has 3 rings (SSSR count). The van der Waals surface area contributed by atoms with Crippen LogP contribution < -0.4 is 10.1 Å². The van der Waals surface area contributed by atoms with Crippen LogP contribution in [0, 0.1) is 11.8 Å². The third-order valence-electron chi connectivity index (χ3n) is 6.09. The number of benzene rings is 1. The molecule has 1 unspecified atom stereocenters. The van der Waals surface area contributed by atoms with E-state index in [1.807, 2.05) is 0 Å². The first kappa shape index (κ1) is 21.9. The fraction of sp³-hybridized carbons (Fsp3) is 0.696. The van der Waals surface area contributed by atoms with Crippen molar-refractivity contribution in [2.75, 3.05) is 60.1 Å². The lowest BCUT2D eigenvalue weighted by atomic mass is 9.96. The summed E-state index contributed by atoms with van der Waals surface area (Å²) < 4.78 is 10.6. The highest BCUT2D eigenvalue weighted by Gasteiger charge is 2.25. The quantitative estimate of drug-likeness (QED) is 0.535. The van der Waals surface area contributed by atoms with Crippen LogP contribution in [-0.4, -0.2) is 75.9 Å². The Morgan fingerprint density at radius 2 is 1.79 bits per heavy atom. The first-order valence-electron chi connectivity index (χ1n) is 11.1. The summed E-state index contributed by atoms with van der Waals surface area (Å²) in [4.78, 5) is 9.97. The van der Waals surface area contributed by atoms with Crippen molar-refractivity contribution in [2.24, 2.45) is 16.8 Å². The van der Waals surface area contributed by atoms with E-state index in [2.05, 4.69) is 46.3 Å². The zero-order valence-electron chi connectivity index (χ0n) is 18.4. The Kier molecular flexibility index (Phi) is 8.62. The molecule has 2 aliphatic heterocycles. The smallest absolute Gasteiger partial charge is 0.193 e. The average molecular weight is 403 g/mol. The topological polar surface area (TPSA) is 49.3 Å². The maximum absolute atomic E-state index is 5.34.